The molecule has 1 fully saturated rings. The van der Waals surface area contributed by atoms with Crippen LogP contribution in [0.25, 0.3) is 0 Å². The standard InChI is InChI=1S/C14H17BrF4N2/c15-13-10(2-1-3-11(13)16)12(4-5-14(17,18)19)21-8-6-20-7-9-21/h1-3,12,20H,4-9H2/t12-/m0/s1. The topological polar surface area (TPSA) is 15.3 Å². The van der Waals surface area contributed by atoms with Gasteiger partial charge in [-0.3, -0.25) is 4.90 Å². The molecule has 1 N–H and O–H groups in total. The van der Waals surface area contributed by atoms with E-state index in [1.807, 2.05) is 4.90 Å². The van der Waals surface area contributed by atoms with E-state index in [0.29, 0.717) is 18.7 Å². The van der Waals surface area contributed by atoms with Crippen LogP contribution in [-0.4, -0.2) is 37.3 Å². The van der Waals surface area contributed by atoms with Gasteiger partial charge in [0.25, 0.3) is 0 Å². The van der Waals surface area contributed by atoms with Crippen LogP contribution in [0.5, 0.6) is 0 Å². The Kier molecular flexibility index (Phi) is 5.62. The highest BCUT2D eigenvalue weighted by Crippen LogP contribution is 2.35. The molecule has 0 saturated carbocycles. The maximum absolute atomic E-state index is 13.7. The Hall–Kier alpha value is -0.660. The maximum Gasteiger partial charge on any atom is 0.389 e. The van der Waals surface area contributed by atoms with Crippen molar-refractivity contribution in [2.75, 3.05) is 26.2 Å². The van der Waals surface area contributed by atoms with Crippen molar-refractivity contribution in [3.63, 3.8) is 0 Å². The fourth-order valence-electron chi connectivity index (χ4n) is 2.61. The predicted octanol–water partition coefficient (Wildman–Crippen LogP) is 3.88. The van der Waals surface area contributed by atoms with Crippen molar-refractivity contribution in [3.8, 4) is 0 Å². The van der Waals surface area contributed by atoms with Crippen LogP contribution in [0.2, 0.25) is 0 Å². The minimum Gasteiger partial charge on any atom is -0.314 e. The zero-order valence-electron chi connectivity index (χ0n) is 11.4. The van der Waals surface area contributed by atoms with E-state index in [1.54, 1.807) is 6.07 Å². The average molecular weight is 369 g/mol. The van der Waals surface area contributed by atoms with Crippen LogP contribution in [0.3, 0.4) is 0 Å². The van der Waals surface area contributed by atoms with Crippen molar-refractivity contribution in [1.29, 1.82) is 0 Å². The van der Waals surface area contributed by atoms with Gasteiger partial charge >= 0.3 is 6.18 Å². The molecule has 0 bridgehead atoms. The van der Waals surface area contributed by atoms with E-state index in [4.69, 9.17) is 0 Å². The van der Waals surface area contributed by atoms with E-state index in [1.165, 1.54) is 12.1 Å². The molecular formula is C14H17BrF4N2. The Labute approximate surface area is 129 Å². The monoisotopic (exact) mass is 368 g/mol. The lowest BCUT2D eigenvalue weighted by molar-refractivity contribution is -0.138. The van der Waals surface area contributed by atoms with Crippen LogP contribution < -0.4 is 5.32 Å². The van der Waals surface area contributed by atoms with Gasteiger partial charge in [-0.2, -0.15) is 13.2 Å². The van der Waals surface area contributed by atoms with Crippen molar-refractivity contribution in [2.24, 2.45) is 0 Å². The molecule has 1 aliphatic rings. The van der Waals surface area contributed by atoms with Gasteiger partial charge in [0.05, 0.1) is 4.47 Å². The van der Waals surface area contributed by atoms with Crippen molar-refractivity contribution < 1.29 is 17.6 Å². The molecule has 118 valence electrons. The Bertz CT molecular complexity index is 473. The molecule has 0 aliphatic carbocycles. The molecule has 2 nitrogen and oxygen atoms in total. The second kappa shape index (κ2) is 7.07. The minimum atomic E-state index is -4.20. The van der Waals surface area contributed by atoms with Crippen LogP contribution in [0.4, 0.5) is 17.6 Å². The molecule has 1 atom stereocenters. The lowest BCUT2D eigenvalue weighted by Crippen LogP contribution is -2.45. The summed E-state index contributed by atoms with van der Waals surface area (Å²) < 4.78 is 51.6. The van der Waals surface area contributed by atoms with E-state index in [2.05, 4.69) is 21.2 Å². The number of halogens is 5. The first kappa shape index (κ1) is 16.7. The first-order chi connectivity index (χ1) is 9.88. The number of hydrogen-bond donors (Lipinski definition) is 1. The Morgan fingerprint density at radius 1 is 1.24 bits per heavy atom. The summed E-state index contributed by atoms with van der Waals surface area (Å²) in [6, 6.07) is 4.10. The number of benzene rings is 1. The molecule has 1 aromatic carbocycles. The normalized spacial score (nSPS) is 18.7. The molecular weight excluding hydrogens is 352 g/mol. The Balaban J connectivity index is 2.23. The summed E-state index contributed by atoms with van der Waals surface area (Å²) in [5, 5.41) is 3.17. The van der Waals surface area contributed by atoms with Gasteiger partial charge in [-0.05, 0) is 34.0 Å². The molecule has 0 aromatic heterocycles. The smallest absolute Gasteiger partial charge is 0.314 e. The molecule has 0 spiro atoms. The van der Waals surface area contributed by atoms with E-state index in [-0.39, 0.29) is 10.9 Å². The van der Waals surface area contributed by atoms with Crippen LogP contribution >= 0.6 is 15.9 Å². The number of nitrogens with zero attached hydrogens (tertiary/aromatic N) is 1. The molecule has 1 aliphatic heterocycles. The van der Waals surface area contributed by atoms with Gasteiger partial charge < -0.3 is 5.32 Å². The molecule has 0 unspecified atom stereocenters. The lowest BCUT2D eigenvalue weighted by Gasteiger charge is -2.36. The van der Waals surface area contributed by atoms with Crippen LogP contribution in [-0.2, 0) is 0 Å². The highest BCUT2D eigenvalue weighted by Gasteiger charge is 2.32. The summed E-state index contributed by atoms with van der Waals surface area (Å²) in [5.41, 5.74) is 0.584. The highest BCUT2D eigenvalue weighted by molar-refractivity contribution is 9.10. The summed E-state index contributed by atoms with van der Waals surface area (Å²) >= 11 is 3.17. The molecule has 0 amide bonds. The molecule has 1 heterocycles. The van der Waals surface area contributed by atoms with Crippen molar-refractivity contribution in [2.45, 2.75) is 25.1 Å². The zero-order valence-corrected chi connectivity index (χ0v) is 13.0. The Morgan fingerprint density at radius 3 is 2.52 bits per heavy atom. The van der Waals surface area contributed by atoms with Crippen molar-refractivity contribution in [1.82, 2.24) is 10.2 Å². The first-order valence-corrected chi connectivity index (χ1v) is 7.63. The first-order valence-electron chi connectivity index (χ1n) is 6.84. The number of alkyl halides is 3. The number of hydrogen-bond acceptors (Lipinski definition) is 2. The number of piperazine rings is 1. The predicted molar refractivity (Wildman–Crippen MR) is 76.6 cm³/mol. The highest BCUT2D eigenvalue weighted by atomic mass is 79.9. The second-order valence-electron chi connectivity index (χ2n) is 5.10. The van der Waals surface area contributed by atoms with E-state index < -0.39 is 24.5 Å². The van der Waals surface area contributed by atoms with Gasteiger partial charge in [0.15, 0.2) is 0 Å². The van der Waals surface area contributed by atoms with Crippen molar-refractivity contribution >= 4 is 15.9 Å². The van der Waals surface area contributed by atoms with Crippen LogP contribution in [0.15, 0.2) is 22.7 Å². The fraction of sp³-hybridized carbons (Fsp3) is 0.571. The molecule has 2 rings (SSSR count). The lowest BCUT2D eigenvalue weighted by atomic mass is 9.99. The van der Waals surface area contributed by atoms with Crippen LogP contribution in [0, 0.1) is 5.82 Å². The van der Waals surface area contributed by atoms with Gasteiger partial charge in [-0.1, -0.05) is 12.1 Å². The average Bonchev–Trinajstić information content (AvgIpc) is 2.43. The molecule has 7 heteroatoms. The van der Waals surface area contributed by atoms with Gasteiger partial charge in [0, 0.05) is 38.6 Å². The fourth-order valence-corrected chi connectivity index (χ4v) is 3.14. The van der Waals surface area contributed by atoms with Gasteiger partial charge in [-0.25, -0.2) is 4.39 Å². The van der Waals surface area contributed by atoms with Crippen molar-refractivity contribution in [3.05, 3.63) is 34.1 Å². The Morgan fingerprint density at radius 2 is 1.90 bits per heavy atom. The summed E-state index contributed by atoms with van der Waals surface area (Å²) in [5.74, 6) is -0.445. The minimum absolute atomic E-state index is 0.0639. The number of nitrogens with one attached hydrogen (secondary N) is 1. The third-order valence-electron chi connectivity index (χ3n) is 3.63. The molecule has 1 saturated heterocycles. The second-order valence-corrected chi connectivity index (χ2v) is 5.89. The molecule has 21 heavy (non-hydrogen) atoms. The molecule has 1 aromatic rings. The summed E-state index contributed by atoms with van der Waals surface area (Å²) in [6.45, 7) is 2.78. The summed E-state index contributed by atoms with van der Waals surface area (Å²) in [6.07, 6.45) is -5.14. The third-order valence-corrected chi connectivity index (χ3v) is 4.47. The number of rotatable bonds is 4. The van der Waals surface area contributed by atoms with Gasteiger partial charge in [0.1, 0.15) is 5.82 Å². The zero-order chi connectivity index (χ0) is 15.5. The van der Waals surface area contributed by atoms with E-state index >= 15 is 0 Å². The summed E-state index contributed by atoms with van der Waals surface area (Å²) in [4.78, 5) is 1.99. The van der Waals surface area contributed by atoms with Crippen LogP contribution in [0.1, 0.15) is 24.4 Å². The van der Waals surface area contributed by atoms with Gasteiger partial charge in [-0.15, -0.1) is 0 Å². The molecule has 0 radical (unpaired) electrons. The summed E-state index contributed by atoms with van der Waals surface area (Å²) in [7, 11) is 0. The SMILES string of the molecule is Fc1cccc([C@H](CCC(F)(F)F)N2CCNCC2)c1Br. The van der Waals surface area contributed by atoms with Gasteiger partial charge in [0.2, 0.25) is 0 Å². The van der Waals surface area contributed by atoms with E-state index in [9.17, 15) is 17.6 Å². The quantitative estimate of drug-likeness (QED) is 0.811. The van der Waals surface area contributed by atoms with E-state index in [0.717, 1.165) is 13.1 Å². The third kappa shape index (κ3) is 4.66. The maximum atomic E-state index is 13.7. The largest absolute Gasteiger partial charge is 0.389 e.